The van der Waals surface area contributed by atoms with Crippen molar-refractivity contribution in [3.8, 4) is 27.8 Å². The summed E-state index contributed by atoms with van der Waals surface area (Å²) in [5.41, 5.74) is 3.69. The number of thiazole rings is 1. The van der Waals surface area contributed by atoms with Gasteiger partial charge in [0.2, 0.25) is 11.7 Å². The predicted octanol–water partition coefficient (Wildman–Crippen LogP) is 4.87. The Morgan fingerprint density at radius 2 is 1.88 bits per heavy atom. The number of aromatic nitrogens is 2. The van der Waals surface area contributed by atoms with E-state index in [9.17, 15) is 4.79 Å². The lowest BCUT2D eigenvalue weighted by atomic mass is 10.1. The van der Waals surface area contributed by atoms with Crippen molar-refractivity contribution in [3.05, 3.63) is 58.2 Å². The van der Waals surface area contributed by atoms with E-state index in [-0.39, 0.29) is 12.3 Å². The number of fused-ring (bicyclic) bond motifs is 1. The largest absolute Gasteiger partial charge is 0.493 e. The molecule has 0 aliphatic carbocycles. The average molecular weight is 486 g/mol. The first kappa shape index (κ1) is 22.9. The number of nitrogens with one attached hydrogen (secondary N) is 2. The van der Waals surface area contributed by atoms with Gasteiger partial charge in [-0.2, -0.15) is 0 Å². The minimum Gasteiger partial charge on any atom is -0.493 e. The van der Waals surface area contributed by atoms with Crippen LogP contribution in [-0.2, 0) is 17.6 Å². The molecule has 0 radical (unpaired) electrons. The maximum atomic E-state index is 12.5. The second kappa shape index (κ2) is 10.1. The molecule has 0 aliphatic rings. The second-order valence-electron chi connectivity index (χ2n) is 7.34. The van der Waals surface area contributed by atoms with E-state index in [1.54, 1.807) is 21.3 Å². The summed E-state index contributed by atoms with van der Waals surface area (Å²) in [5.74, 6) is 1.56. The Labute approximate surface area is 200 Å². The van der Waals surface area contributed by atoms with Crippen LogP contribution in [0, 0.1) is 0 Å². The number of ether oxygens (including phenoxy) is 3. The number of nitrogens with zero attached hydrogens (tertiary/aromatic N) is 1. The van der Waals surface area contributed by atoms with E-state index in [1.165, 1.54) is 11.3 Å². The van der Waals surface area contributed by atoms with Crippen molar-refractivity contribution in [1.29, 1.82) is 0 Å². The van der Waals surface area contributed by atoms with Gasteiger partial charge in [0.05, 0.1) is 33.4 Å². The quantitative estimate of drug-likeness (QED) is 0.353. The highest BCUT2D eigenvalue weighted by Gasteiger charge is 2.16. The molecule has 9 heteroatoms. The van der Waals surface area contributed by atoms with Crippen LogP contribution in [0.1, 0.15) is 11.3 Å². The summed E-state index contributed by atoms with van der Waals surface area (Å²) in [6.45, 7) is 0.530. The van der Waals surface area contributed by atoms with Gasteiger partial charge in [0, 0.05) is 39.6 Å². The van der Waals surface area contributed by atoms with Crippen LogP contribution >= 0.6 is 22.9 Å². The standard InChI is InChI=1S/C24H24ClN3O4S/c1-30-20-8-15(9-21(31-2)23(20)32-3)24-28-17(13-33-24)11-22(29)26-7-6-14-12-27-19-5-4-16(25)10-18(14)19/h4-5,8-10,12-13,27H,6-7,11H2,1-3H3,(H,26,29). The van der Waals surface area contributed by atoms with Crippen molar-refractivity contribution in [3.63, 3.8) is 0 Å². The van der Waals surface area contributed by atoms with Gasteiger partial charge in [0.1, 0.15) is 5.01 Å². The fraction of sp³-hybridized carbons (Fsp3) is 0.250. The summed E-state index contributed by atoms with van der Waals surface area (Å²) in [4.78, 5) is 20.3. The first-order chi connectivity index (χ1) is 16.0. The summed E-state index contributed by atoms with van der Waals surface area (Å²) < 4.78 is 16.2. The molecule has 2 aromatic carbocycles. The molecule has 172 valence electrons. The van der Waals surface area contributed by atoms with Crippen molar-refractivity contribution in [2.75, 3.05) is 27.9 Å². The third kappa shape index (κ3) is 5.07. The number of hydrogen-bond donors (Lipinski definition) is 2. The van der Waals surface area contributed by atoms with E-state index in [4.69, 9.17) is 25.8 Å². The Kier molecular flexibility index (Phi) is 7.05. The van der Waals surface area contributed by atoms with Crippen LogP contribution in [0.25, 0.3) is 21.5 Å². The van der Waals surface area contributed by atoms with Crippen LogP contribution in [-0.4, -0.2) is 43.7 Å². The lowest BCUT2D eigenvalue weighted by Gasteiger charge is -2.13. The van der Waals surface area contributed by atoms with E-state index in [0.29, 0.717) is 40.9 Å². The number of carbonyl (C=O) groups excluding carboxylic acids is 1. The highest BCUT2D eigenvalue weighted by molar-refractivity contribution is 7.13. The van der Waals surface area contributed by atoms with Gasteiger partial charge in [0.15, 0.2) is 11.5 Å². The number of H-pyrrole nitrogens is 1. The molecular weight excluding hydrogens is 462 g/mol. The van der Waals surface area contributed by atoms with Gasteiger partial charge in [0.25, 0.3) is 0 Å². The highest BCUT2D eigenvalue weighted by atomic mass is 35.5. The Morgan fingerprint density at radius 3 is 2.58 bits per heavy atom. The smallest absolute Gasteiger partial charge is 0.226 e. The summed E-state index contributed by atoms with van der Waals surface area (Å²) in [6, 6.07) is 9.43. The van der Waals surface area contributed by atoms with E-state index >= 15 is 0 Å². The third-order valence-corrected chi connectivity index (χ3v) is 6.43. The van der Waals surface area contributed by atoms with E-state index < -0.39 is 0 Å². The normalized spacial score (nSPS) is 10.9. The molecule has 0 spiro atoms. The molecule has 0 aliphatic heterocycles. The molecule has 33 heavy (non-hydrogen) atoms. The van der Waals surface area contributed by atoms with Crippen LogP contribution in [0.3, 0.4) is 0 Å². The molecule has 0 unspecified atom stereocenters. The molecule has 7 nitrogen and oxygen atoms in total. The number of amides is 1. The maximum Gasteiger partial charge on any atom is 0.226 e. The van der Waals surface area contributed by atoms with Gasteiger partial charge >= 0.3 is 0 Å². The van der Waals surface area contributed by atoms with Gasteiger partial charge in [-0.3, -0.25) is 4.79 Å². The van der Waals surface area contributed by atoms with Crippen LogP contribution in [0.2, 0.25) is 5.02 Å². The van der Waals surface area contributed by atoms with E-state index in [1.807, 2.05) is 41.9 Å². The van der Waals surface area contributed by atoms with Crippen molar-refractivity contribution >= 4 is 39.7 Å². The fourth-order valence-corrected chi connectivity index (χ4v) is 4.63. The highest BCUT2D eigenvalue weighted by Crippen LogP contribution is 2.41. The topological polar surface area (TPSA) is 85.5 Å². The lowest BCUT2D eigenvalue weighted by Crippen LogP contribution is -2.27. The van der Waals surface area contributed by atoms with Crippen molar-refractivity contribution in [2.45, 2.75) is 12.8 Å². The maximum absolute atomic E-state index is 12.5. The average Bonchev–Trinajstić information content (AvgIpc) is 3.45. The summed E-state index contributed by atoms with van der Waals surface area (Å²) in [7, 11) is 4.71. The minimum atomic E-state index is -0.0744. The minimum absolute atomic E-state index is 0.0744. The van der Waals surface area contributed by atoms with Gasteiger partial charge in [-0.15, -0.1) is 11.3 Å². The number of carbonyl (C=O) groups is 1. The third-order valence-electron chi connectivity index (χ3n) is 5.25. The zero-order valence-corrected chi connectivity index (χ0v) is 20.1. The molecular formula is C24H24ClN3O4S. The Morgan fingerprint density at radius 1 is 1.12 bits per heavy atom. The number of benzene rings is 2. The fourth-order valence-electron chi connectivity index (χ4n) is 3.65. The van der Waals surface area contributed by atoms with E-state index in [2.05, 4.69) is 15.3 Å². The van der Waals surface area contributed by atoms with Crippen molar-refractivity contribution in [2.24, 2.45) is 0 Å². The molecule has 1 amide bonds. The van der Waals surface area contributed by atoms with Crippen LogP contribution in [0.15, 0.2) is 41.9 Å². The number of methoxy groups -OCH3 is 3. The monoisotopic (exact) mass is 485 g/mol. The van der Waals surface area contributed by atoms with Crippen LogP contribution in [0.4, 0.5) is 0 Å². The summed E-state index contributed by atoms with van der Waals surface area (Å²) >= 11 is 7.57. The van der Waals surface area contributed by atoms with Crippen molar-refractivity contribution < 1.29 is 19.0 Å². The Bertz CT molecular complexity index is 1260. The molecule has 0 saturated heterocycles. The predicted molar refractivity (Wildman–Crippen MR) is 131 cm³/mol. The van der Waals surface area contributed by atoms with Crippen molar-refractivity contribution in [1.82, 2.24) is 15.3 Å². The number of aromatic amines is 1. The van der Waals surface area contributed by atoms with Gasteiger partial charge < -0.3 is 24.5 Å². The number of rotatable bonds is 9. The molecule has 4 aromatic rings. The zero-order chi connectivity index (χ0) is 23.4. The SMILES string of the molecule is COc1cc(-c2nc(CC(=O)NCCc3c[nH]c4ccc(Cl)cc34)cs2)cc(OC)c1OC. The first-order valence-corrected chi connectivity index (χ1v) is 11.5. The van der Waals surface area contributed by atoms with Crippen LogP contribution < -0.4 is 19.5 Å². The Balaban J connectivity index is 1.38. The lowest BCUT2D eigenvalue weighted by molar-refractivity contribution is -0.120. The summed E-state index contributed by atoms with van der Waals surface area (Å²) in [6.07, 6.45) is 2.87. The Hall–Kier alpha value is -3.23. The van der Waals surface area contributed by atoms with Gasteiger partial charge in [-0.05, 0) is 42.3 Å². The number of hydrogen-bond acceptors (Lipinski definition) is 6. The molecule has 2 heterocycles. The van der Waals surface area contributed by atoms with Gasteiger partial charge in [-0.1, -0.05) is 11.6 Å². The molecule has 4 rings (SSSR count). The van der Waals surface area contributed by atoms with E-state index in [0.717, 1.165) is 27.0 Å². The molecule has 0 bridgehead atoms. The zero-order valence-electron chi connectivity index (χ0n) is 18.5. The first-order valence-electron chi connectivity index (χ1n) is 10.3. The van der Waals surface area contributed by atoms with Crippen LogP contribution in [0.5, 0.6) is 17.2 Å². The molecule has 0 saturated carbocycles. The van der Waals surface area contributed by atoms with Gasteiger partial charge in [-0.25, -0.2) is 4.98 Å². The molecule has 2 N–H and O–H groups in total. The summed E-state index contributed by atoms with van der Waals surface area (Å²) in [5, 5.41) is 7.40. The molecule has 0 fully saturated rings. The molecule has 0 atom stereocenters. The molecule has 2 aromatic heterocycles. The second-order valence-corrected chi connectivity index (χ2v) is 8.63. The number of halogens is 1.